The van der Waals surface area contributed by atoms with E-state index in [-0.39, 0.29) is 4.90 Å². The van der Waals surface area contributed by atoms with Gasteiger partial charge >= 0.3 is 0 Å². The fourth-order valence-electron chi connectivity index (χ4n) is 5.87. The summed E-state index contributed by atoms with van der Waals surface area (Å²) in [5, 5.41) is 6.11. The van der Waals surface area contributed by atoms with Crippen LogP contribution < -0.4 is 20.6 Å². The summed E-state index contributed by atoms with van der Waals surface area (Å²) in [5.74, 6) is 0. The molecule has 0 atom stereocenters. The molecule has 1 N–H and O–H groups in total. The number of nitrogens with one attached hydrogen (secondary N) is 1. The van der Waals surface area contributed by atoms with Gasteiger partial charge in [0.25, 0.3) is 0 Å². The summed E-state index contributed by atoms with van der Waals surface area (Å²) in [6.07, 6.45) is 4.94. The first-order chi connectivity index (χ1) is 20.6. The Bertz CT molecular complexity index is 1770. The van der Waals surface area contributed by atoms with Crippen LogP contribution in [0.25, 0.3) is 21.9 Å². The quantitative estimate of drug-likeness (QED) is 0.119. The topological polar surface area (TPSA) is 59.3 Å². The first kappa shape index (κ1) is 28.4. The van der Waals surface area contributed by atoms with E-state index in [1.165, 1.54) is 15.9 Å². The molecule has 0 aliphatic carbocycles. The van der Waals surface area contributed by atoms with Gasteiger partial charge in [-0.25, -0.2) is 13.1 Å². The standard InChI is InChI=1S/C36H35NO3PS/c38-42(39,32-24-25-34-33-22-12-13-23-35(33)40-36(34)28-32)37-26-14-1-2-15-27-41(29-16-6-3-7-17-29,30-18-8-4-9-19-30)31-20-10-5-11-21-31/h3-13,16-25,28,37H,1-2,14-15,26-27H2/q+1. The lowest BCUT2D eigenvalue weighted by atomic mass is 10.2. The molecule has 0 saturated heterocycles. The van der Waals surface area contributed by atoms with Gasteiger partial charge in [0.1, 0.15) is 34.3 Å². The number of benzene rings is 5. The third-order valence-electron chi connectivity index (χ3n) is 7.96. The zero-order valence-electron chi connectivity index (χ0n) is 23.5. The Morgan fingerprint density at radius 1 is 0.548 bits per heavy atom. The van der Waals surface area contributed by atoms with Crippen LogP contribution in [-0.4, -0.2) is 21.1 Å². The second-order valence-corrected chi connectivity index (χ2v) is 16.0. The van der Waals surface area contributed by atoms with Crippen molar-refractivity contribution in [2.75, 3.05) is 12.7 Å². The fraction of sp³-hybridized carbons (Fsp3) is 0.167. The molecule has 5 aromatic carbocycles. The summed E-state index contributed by atoms with van der Waals surface area (Å²) in [7, 11) is -5.45. The molecular formula is C36H35NO3PS+. The van der Waals surface area contributed by atoms with Gasteiger partial charge in [0, 0.05) is 23.4 Å². The molecule has 6 rings (SSSR count). The molecule has 6 aromatic rings. The summed E-state index contributed by atoms with van der Waals surface area (Å²) in [6, 6.07) is 45.7. The van der Waals surface area contributed by atoms with Crippen LogP contribution in [0.5, 0.6) is 0 Å². The number of sulfonamides is 1. The summed E-state index contributed by atoms with van der Waals surface area (Å²) in [4.78, 5) is 0.234. The van der Waals surface area contributed by atoms with Crippen LogP contribution in [0.1, 0.15) is 25.7 Å². The van der Waals surface area contributed by atoms with Crippen molar-refractivity contribution in [3.63, 3.8) is 0 Å². The van der Waals surface area contributed by atoms with Crippen LogP contribution >= 0.6 is 7.26 Å². The summed E-state index contributed by atoms with van der Waals surface area (Å²) < 4.78 is 34.8. The SMILES string of the molecule is O=S(=O)(NCCCCCC[P+](c1ccccc1)(c1ccccc1)c1ccccc1)c1ccc2c(c1)oc1ccccc12. The van der Waals surface area contributed by atoms with E-state index >= 15 is 0 Å². The molecule has 6 heteroatoms. The highest BCUT2D eigenvalue weighted by atomic mass is 32.2. The molecular weight excluding hydrogens is 557 g/mol. The zero-order chi connectivity index (χ0) is 28.8. The number of unbranched alkanes of at least 4 members (excludes halogenated alkanes) is 3. The maximum absolute atomic E-state index is 13.0. The molecule has 0 aliphatic rings. The molecule has 0 spiro atoms. The molecule has 1 aromatic heterocycles. The summed E-state index contributed by atoms with van der Waals surface area (Å²) >= 11 is 0. The van der Waals surface area contributed by atoms with E-state index in [4.69, 9.17) is 4.42 Å². The lowest BCUT2D eigenvalue weighted by molar-refractivity contribution is 0.573. The predicted octanol–water partition coefficient (Wildman–Crippen LogP) is 7.42. The maximum Gasteiger partial charge on any atom is 0.240 e. The van der Waals surface area contributed by atoms with Crippen molar-refractivity contribution >= 4 is 55.1 Å². The number of furan rings is 1. The molecule has 0 fully saturated rings. The molecule has 0 saturated carbocycles. The molecule has 0 radical (unpaired) electrons. The monoisotopic (exact) mass is 592 g/mol. The van der Waals surface area contributed by atoms with Crippen molar-refractivity contribution in [3.05, 3.63) is 133 Å². The molecule has 42 heavy (non-hydrogen) atoms. The van der Waals surface area contributed by atoms with E-state index in [1.807, 2.05) is 30.3 Å². The maximum atomic E-state index is 13.0. The van der Waals surface area contributed by atoms with Crippen molar-refractivity contribution in [1.82, 2.24) is 4.72 Å². The Balaban J connectivity index is 1.10. The van der Waals surface area contributed by atoms with Crippen molar-refractivity contribution in [2.24, 2.45) is 0 Å². The predicted molar refractivity (Wildman–Crippen MR) is 177 cm³/mol. The van der Waals surface area contributed by atoms with Gasteiger partial charge in [-0.1, -0.05) is 79.2 Å². The highest BCUT2D eigenvalue weighted by Gasteiger charge is 2.44. The van der Waals surface area contributed by atoms with Crippen molar-refractivity contribution in [3.8, 4) is 0 Å². The largest absolute Gasteiger partial charge is 0.456 e. The van der Waals surface area contributed by atoms with Gasteiger partial charge in [-0.15, -0.1) is 0 Å². The summed E-state index contributed by atoms with van der Waals surface area (Å²) in [6.45, 7) is 0.414. The van der Waals surface area contributed by atoms with Gasteiger partial charge in [0.05, 0.1) is 11.1 Å². The summed E-state index contributed by atoms with van der Waals surface area (Å²) in [5.41, 5.74) is 1.34. The van der Waals surface area contributed by atoms with Gasteiger partial charge in [0.15, 0.2) is 0 Å². The lowest BCUT2D eigenvalue weighted by Crippen LogP contribution is -2.33. The van der Waals surface area contributed by atoms with Gasteiger partial charge in [0.2, 0.25) is 10.0 Å². The minimum Gasteiger partial charge on any atom is -0.456 e. The highest BCUT2D eigenvalue weighted by Crippen LogP contribution is 2.56. The second kappa shape index (κ2) is 12.6. The van der Waals surface area contributed by atoms with E-state index < -0.39 is 17.3 Å². The van der Waals surface area contributed by atoms with Crippen LogP contribution in [0, 0.1) is 0 Å². The Morgan fingerprint density at radius 2 is 1.07 bits per heavy atom. The highest BCUT2D eigenvalue weighted by molar-refractivity contribution is 7.95. The molecule has 1 heterocycles. The minimum atomic E-state index is -3.62. The van der Waals surface area contributed by atoms with Crippen LogP contribution in [0.4, 0.5) is 0 Å². The van der Waals surface area contributed by atoms with E-state index in [1.54, 1.807) is 12.1 Å². The second-order valence-electron chi connectivity index (χ2n) is 10.6. The van der Waals surface area contributed by atoms with E-state index in [0.29, 0.717) is 12.1 Å². The molecule has 212 valence electrons. The van der Waals surface area contributed by atoms with E-state index in [0.717, 1.165) is 48.2 Å². The molecule has 0 bridgehead atoms. The first-order valence-electron chi connectivity index (χ1n) is 14.5. The molecule has 0 amide bonds. The van der Waals surface area contributed by atoms with Crippen LogP contribution in [-0.2, 0) is 10.0 Å². The number of hydrogen-bond acceptors (Lipinski definition) is 3. The smallest absolute Gasteiger partial charge is 0.240 e. The lowest BCUT2D eigenvalue weighted by Gasteiger charge is -2.27. The number of hydrogen-bond donors (Lipinski definition) is 1. The molecule has 4 nitrogen and oxygen atoms in total. The van der Waals surface area contributed by atoms with Gasteiger partial charge < -0.3 is 4.42 Å². The van der Waals surface area contributed by atoms with Crippen molar-refractivity contribution < 1.29 is 12.8 Å². The first-order valence-corrected chi connectivity index (χ1v) is 18.0. The average Bonchev–Trinajstić information content (AvgIpc) is 3.42. The number of para-hydroxylation sites is 1. The van der Waals surface area contributed by atoms with Crippen LogP contribution in [0.2, 0.25) is 0 Å². The normalized spacial score (nSPS) is 12.2. The number of rotatable bonds is 12. The Hall–Kier alpha value is -3.76. The third kappa shape index (κ3) is 5.78. The van der Waals surface area contributed by atoms with Crippen molar-refractivity contribution in [1.29, 1.82) is 0 Å². The zero-order valence-corrected chi connectivity index (χ0v) is 25.2. The fourth-order valence-corrected chi connectivity index (χ4v) is 11.4. The van der Waals surface area contributed by atoms with Crippen molar-refractivity contribution in [2.45, 2.75) is 30.6 Å². The van der Waals surface area contributed by atoms with Crippen LogP contribution in [0.15, 0.2) is 143 Å². The molecule has 0 aliphatic heterocycles. The van der Waals surface area contributed by atoms with Crippen LogP contribution in [0.3, 0.4) is 0 Å². The Kier molecular flexibility index (Phi) is 8.53. The average molecular weight is 593 g/mol. The van der Waals surface area contributed by atoms with Gasteiger partial charge in [-0.3, -0.25) is 0 Å². The van der Waals surface area contributed by atoms with Gasteiger partial charge in [-0.05, 0) is 73.9 Å². The van der Waals surface area contributed by atoms with E-state index in [2.05, 4.69) is 95.7 Å². The van der Waals surface area contributed by atoms with E-state index in [9.17, 15) is 8.42 Å². The number of fused-ring (bicyclic) bond motifs is 3. The van der Waals surface area contributed by atoms with Gasteiger partial charge in [-0.2, -0.15) is 0 Å². The minimum absolute atomic E-state index is 0.234. The third-order valence-corrected chi connectivity index (χ3v) is 13.9. The Labute approximate surface area is 248 Å². The molecule has 0 unspecified atom stereocenters. The Morgan fingerprint density at radius 3 is 1.69 bits per heavy atom.